The maximum atomic E-state index is 12.8. The summed E-state index contributed by atoms with van der Waals surface area (Å²) in [7, 11) is -4.48. The van der Waals surface area contributed by atoms with Gasteiger partial charge in [0.1, 0.15) is 0 Å². The highest BCUT2D eigenvalue weighted by Gasteiger charge is 2.24. The van der Waals surface area contributed by atoms with E-state index >= 15 is 0 Å². The second-order valence-electron chi connectivity index (χ2n) is 6.77. The molecule has 124 valence electrons. The van der Waals surface area contributed by atoms with Crippen LogP contribution in [0.5, 0.6) is 0 Å². The predicted molar refractivity (Wildman–Crippen MR) is 102 cm³/mol. The summed E-state index contributed by atoms with van der Waals surface area (Å²) in [6, 6.07) is 9.83. The van der Waals surface area contributed by atoms with E-state index in [1.54, 1.807) is 24.3 Å². The average Bonchev–Trinajstić information content (AvgIpc) is 2.45. The van der Waals surface area contributed by atoms with E-state index in [-0.39, 0.29) is 0 Å². The molecule has 0 aliphatic carbocycles. The highest BCUT2D eigenvalue weighted by Crippen LogP contribution is 2.22. The third-order valence-electron chi connectivity index (χ3n) is 3.42. The minimum Gasteiger partial charge on any atom is -0.223 e. The van der Waals surface area contributed by atoms with Gasteiger partial charge in [-0.3, -0.25) is 0 Å². The van der Waals surface area contributed by atoms with E-state index in [0.717, 1.165) is 24.2 Å². The molecule has 0 aliphatic rings. The Morgan fingerprint density at radius 3 is 2.32 bits per heavy atom. The van der Waals surface area contributed by atoms with Gasteiger partial charge in [-0.1, -0.05) is 72.3 Å². The number of benzene rings is 1. The molecule has 0 saturated heterocycles. The molecule has 0 fully saturated rings. The Morgan fingerprint density at radius 2 is 1.77 bits per heavy atom. The van der Waals surface area contributed by atoms with E-state index in [1.165, 1.54) is 0 Å². The second-order valence-corrected chi connectivity index (χ2v) is 15.3. The summed E-state index contributed by atoms with van der Waals surface area (Å²) in [5, 5.41) is 0.509. The molecule has 1 rings (SSSR count). The maximum Gasteiger partial charge on any atom is 0.184 e. The summed E-state index contributed by atoms with van der Waals surface area (Å²) in [6.45, 7) is 6.88. The molecule has 0 amide bonds. The lowest BCUT2D eigenvalue weighted by atomic mass is 10.2. The number of hydrogen-bond acceptors (Lipinski definition) is 2. The summed E-state index contributed by atoms with van der Waals surface area (Å²) >= 11 is 3.41. The van der Waals surface area contributed by atoms with Crippen molar-refractivity contribution in [2.24, 2.45) is 0 Å². The van der Waals surface area contributed by atoms with Crippen molar-refractivity contribution in [1.29, 1.82) is 0 Å². The topological polar surface area (TPSA) is 34.1 Å². The molecule has 1 aromatic carbocycles. The summed E-state index contributed by atoms with van der Waals surface area (Å²) in [5.74, 6) is 0. The normalized spacial score (nSPS) is 14.4. The molecule has 0 bridgehead atoms. The Balaban J connectivity index is 2.94. The minimum atomic E-state index is -3.29. The van der Waals surface area contributed by atoms with Gasteiger partial charge >= 0.3 is 0 Å². The molecule has 1 unspecified atom stereocenters. The molecule has 0 N–H and O–H groups in total. The van der Waals surface area contributed by atoms with Crippen LogP contribution >= 0.6 is 15.9 Å². The Labute approximate surface area is 145 Å². The van der Waals surface area contributed by atoms with Gasteiger partial charge in [-0.25, -0.2) is 8.42 Å². The van der Waals surface area contributed by atoms with Crippen molar-refractivity contribution in [3.63, 3.8) is 0 Å². The first-order chi connectivity index (χ1) is 10.3. The number of unbranched alkanes of at least 4 members (excludes halogenated alkanes) is 1. The van der Waals surface area contributed by atoms with E-state index in [4.69, 9.17) is 0 Å². The van der Waals surface area contributed by atoms with Crippen molar-refractivity contribution in [3.05, 3.63) is 42.5 Å². The Kier molecular flexibility index (Phi) is 8.07. The molecular weight excluding hydrogens is 376 g/mol. The fourth-order valence-corrected chi connectivity index (χ4v) is 5.07. The fourth-order valence-electron chi connectivity index (χ4n) is 2.15. The van der Waals surface area contributed by atoms with E-state index in [1.807, 2.05) is 12.1 Å². The SMILES string of the molecule is C[Si](C)(C)C/C=C/C(CCCCBr)S(=O)(=O)c1ccccc1. The van der Waals surface area contributed by atoms with Gasteiger partial charge in [0.2, 0.25) is 0 Å². The summed E-state index contributed by atoms with van der Waals surface area (Å²) in [6.07, 6.45) is 6.62. The number of rotatable bonds is 9. The molecule has 0 aliphatic heterocycles. The van der Waals surface area contributed by atoms with Gasteiger partial charge in [0.05, 0.1) is 10.1 Å². The van der Waals surface area contributed by atoms with E-state index < -0.39 is 23.2 Å². The van der Waals surface area contributed by atoms with Gasteiger partial charge in [-0.15, -0.1) is 0 Å². The molecule has 0 heterocycles. The number of allylic oxidation sites excluding steroid dienone is 1. The van der Waals surface area contributed by atoms with Gasteiger partial charge in [-0.05, 0) is 31.0 Å². The number of sulfone groups is 1. The van der Waals surface area contributed by atoms with Crippen LogP contribution in [0.15, 0.2) is 47.4 Å². The average molecular weight is 403 g/mol. The minimum absolute atomic E-state index is 0.412. The van der Waals surface area contributed by atoms with Crippen LogP contribution in [0.1, 0.15) is 19.3 Å². The zero-order valence-corrected chi connectivity index (χ0v) is 17.2. The summed E-state index contributed by atoms with van der Waals surface area (Å²) in [4.78, 5) is 0.427. The smallest absolute Gasteiger partial charge is 0.184 e. The van der Waals surface area contributed by atoms with Crippen LogP contribution < -0.4 is 0 Å². The molecular formula is C17H27BrO2SSi. The van der Waals surface area contributed by atoms with Crippen molar-refractivity contribution < 1.29 is 8.42 Å². The number of halogens is 1. The standard InChI is InChI=1S/C17H27BrO2SSi/c1-22(2,3)15-9-13-17(12-7-8-14-18)21(19,20)16-10-5-4-6-11-16/h4-6,9-11,13,17H,7-8,12,14-15H2,1-3H3/b13-9+. The fraction of sp³-hybridized carbons (Fsp3) is 0.529. The van der Waals surface area contributed by atoms with Crippen LogP contribution in [-0.4, -0.2) is 27.1 Å². The van der Waals surface area contributed by atoms with Gasteiger partial charge < -0.3 is 0 Å². The van der Waals surface area contributed by atoms with Gasteiger partial charge in [-0.2, -0.15) is 0 Å². The van der Waals surface area contributed by atoms with E-state index in [0.29, 0.717) is 11.3 Å². The largest absolute Gasteiger partial charge is 0.223 e. The van der Waals surface area contributed by atoms with Crippen LogP contribution in [0.25, 0.3) is 0 Å². The van der Waals surface area contributed by atoms with Crippen LogP contribution in [0.2, 0.25) is 25.7 Å². The first-order valence-corrected chi connectivity index (χ1v) is 14.2. The predicted octanol–water partition coefficient (Wildman–Crippen LogP) is 5.29. The van der Waals surface area contributed by atoms with Crippen molar-refractivity contribution >= 4 is 33.8 Å². The van der Waals surface area contributed by atoms with Crippen molar-refractivity contribution in [2.45, 2.75) is 55.1 Å². The third-order valence-corrected chi connectivity index (χ3v) is 7.56. The Bertz CT molecular complexity index is 562. The van der Waals surface area contributed by atoms with Crippen molar-refractivity contribution in [3.8, 4) is 0 Å². The first kappa shape index (κ1) is 19.7. The molecule has 0 saturated carbocycles. The number of hydrogen-bond donors (Lipinski definition) is 0. The molecule has 22 heavy (non-hydrogen) atoms. The molecule has 0 radical (unpaired) electrons. The van der Waals surface area contributed by atoms with Gasteiger partial charge in [0.15, 0.2) is 9.84 Å². The third kappa shape index (κ3) is 6.80. The molecule has 2 nitrogen and oxygen atoms in total. The van der Waals surface area contributed by atoms with Crippen molar-refractivity contribution in [2.75, 3.05) is 5.33 Å². The van der Waals surface area contributed by atoms with Crippen LogP contribution in [0, 0.1) is 0 Å². The molecule has 0 aromatic heterocycles. The highest BCUT2D eigenvalue weighted by atomic mass is 79.9. The van der Waals surface area contributed by atoms with E-state index in [2.05, 4.69) is 41.6 Å². The monoisotopic (exact) mass is 402 g/mol. The first-order valence-electron chi connectivity index (χ1n) is 7.79. The van der Waals surface area contributed by atoms with Gasteiger partial charge in [0, 0.05) is 13.4 Å². The Morgan fingerprint density at radius 1 is 1.14 bits per heavy atom. The molecule has 1 aromatic rings. The lowest BCUT2D eigenvalue weighted by Crippen LogP contribution is -2.21. The second kappa shape index (κ2) is 9.04. The summed E-state index contributed by atoms with van der Waals surface area (Å²) < 4.78 is 25.7. The maximum absolute atomic E-state index is 12.8. The van der Waals surface area contributed by atoms with Crippen LogP contribution in [-0.2, 0) is 9.84 Å². The zero-order chi connectivity index (χ0) is 16.6. The lowest BCUT2D eigenvalue weighted by Gasteiger charge is -2.16. The molecule has 0 spiro atoms. The lowest BCUT2D eigenvalue weighted by molar-refractivity contribution is 0.579. The highest BCUT2D eigenvalue weighted by molar-refractivity contribution is 9.09. The van der Waals surface area contributed by atoms with E-state index in [9.17, 15) is 8.42 Å². The van der Waals surface area contributed by atoms with Crippen LogP contribution in [0.3, 0.4) is 0 Å². The molecule has 5 heteroatoms. The van der Waals surface area contributed by atoms with Crippen molar-refractivity contribution in [1.82, 2.24) is 0 Å². The molecule has 1 atom stereocenters. The van der Waals surface area contributed by atoms with Crippen LogP contribution in [0.4, 0.5) is 0 Å². The quantitative estimate of drug-likeness (QED) is 0.243. The zero-order valence-electron chi connectivity index (χ0n) is 13.8. The summed E-state index contributed by atoms with van der Waals surface area (Å²) in [5.41, 5.74) is 0. The number of alkyl halides is 1. The van der Waals surface area contributed by atoms with Gasteiger partial charge in [0.25, 0.3) is 0 Å². The Hall–Kier alpha value is -0.393.